The lowest BCUT2D eigenvalue weighted by atomic mass is 10.0. The molecule has 1 heterocycles. The smallest absolute Gasteiger partial charge is 0.0960 e. The second kappa shape index (κ2) is 6.15. The minimum Gasteiger partial charge on any atom is -0.390 e. The topological polar surface area (TPSA) is 32.7 Å². The van der Waals surface area contributed by atoms with E-state index in [1.54, 1.807) is 0 Å². The van der Waals surface area contributed by atoms with Gasteiger partial charge < -0.3 is 14.7 Å². The molecule has 0 aliphatic carbocycles. The molecule has 1 aromatic rings. The molecule has 3 heteroatoms. The Morgan fingerprint density at radius 2 is 2.18 bits per heavy atom. The lowest BCUT2D eigenvalue weighted by Crippen LogP contribution is -2.46. The second-order valence-electron chi connectivity index (χ2n) is 4.76. The van der Waals surface area contributed by atoms with Crippen LogP contribution in [0.5, 0.6) is 0 Å². The normalized spacial score (nSPS) is 23.5. The molecule has 2 unspecified atom stereocenters. The van der Waals surface area contributed by atoms with E-state index in [2.05, 4.69) is 24.1 Å². The van der Waals surface area contributed by atoms with Gasteiger partial charge in [0.05, 0.1) is 18.8 Å². The summed E-state index contributed by atoms with van der Waals surface area (Å²) in [6, 6.07) is 10.3. The Kier molecular flexibility index (Phi) is 4.54. The summed E-state index contributed by atoms with van der Waals surface area (Å²) in [7, 11) is 2.07. The number of hydrogen-bond donors (Lipinski definition) is 1. The van der Waals surface area contributed by atoms with Gasteiger partial charge in [0.25, 0.3) is 0 Å². The molecular formula is C14H21NO2. The highest BCUT2D eigenvalue weighted by Gasteiger charge is 2.24. The lowest BCUT2D eigenvalue weighted by Gasteiger charge is -2.32. The van der Waals surface area contributed by atoms with Crippen molar-refractivity contribution < 1.29 is 9.84 Å². The number of benzene rings is 1. The molecule has 2 rings (SSSR count). The Balaban J connectivity index is 1.79. The Morgan fingerprint density at radius 1 is 1.41 bits per heavy atom. The number of rotatable bonds is 4. The van der Waals surface area contributed by atoms with Crippen molar-refractivity contribution >= 4 is 0 Å². The van der Waals surface area contributed by atoms with Gasteiger partial charge in [-0.25, -0.2) is 0 Å². The highest BCUT2D eigenvalue weighted by molar-refractivity contribution is 5.14. The van der Waals surface area contributed by atoms with Crippen molar-refractivity contribution in [2.75, 3.05) is 26.7 Å². The van der Waals surface area contributed by atoms with Gasteiger partial charge in [-0.2, -0.15) is 0 Å². The first-order valence-corrected chi connectivity index (χ1v) is 6.28. The Morgan fingerprint density at radius 3 is 2.88 bits per heavy atom. The Labute approximate surface area is 103 Å². The van der Waals surface area contributed by atoms with Crippen LogP contribution in [0.25, 0.3) is 0 Å². The SMILES string of the molecule is CN1CCOC(C(O)CCc2ccccc2)C1. The van der Waals surface area contributed by atoms with E-state index >= 15 is 0 Å². The van der Waals surface area contributed by atoms with Crippen molar-refractivity contribution in [1.29, 1.82) is 0 Å². The predicted octanol–water partition coefficient (Wildman–Crippen LogP) is 1.31. The number of hydrogen-bond acceptors (Lipinski definition) is 3. The molecule has 0 bridgehead atoms. The van der Waals surface area contributed by atoms with Gasteiger partial charge in [-0.1, -0.05) is 30.3 Å². The van der Waals surface area contributed by atoms with Gasteiger partial charge in [0, 0.05) is 13.1 Å². The highest BCUT2D eigenvalue weighted by atomic mass is 16.5. The Bertz CT molecular complexity index is 328. The van der Waals surface area contributed by atoms with Crippen LogP contribution >= 0.6 is 0 Å². The molecule has 0 aromatic heterocycles. The molecule has 0 radical (unpaired) electrons. The fourth-order valence-electron chi connectivity index (χ4n) is 2.19. The first-order valence-electron chi connectivity index (χ1n) is 6.28. The van der Waals surface area contributed by atoms with Crippen LogP contribution in [0.1, 0.15) is 12.0 Å². The number of aryl methyl sites for hydroxylation is 1. The summed E-state index contributed by atoms with van der Waals surface area (Å²) in [6.45, 7) is 2.52. The standard InChI is InChI=1S/C14H21NO2/c1-15-9-10-17-14(11-15)13(16)8-7-12-5-3-2-4-6-12/h2-6,13-14,16H,7-11H2,1H3. The summed E-state index contributed by atoms with van der Waals surface area (Å²) in [6.07, 6.45) is 1.28. The van der Waals surface area contributed by atoms with E-state index < -0.39 is 0 Å². The molecule has 0 amide bonds. The van der Waals surface area contributed by atoms with Gasteiger partial charge in [0.2, 0.25) is 0 Å². The second-order valence-corrected chi connectivity index (χ2v) is 4.76. The van der Waals surface area contributed by atoms with Gasteiger partial charge in [-0.15, -0.1) is 0 Å². The molecule has 1 N–H and O–H groups in total. The summed E-state index contributed by atoms with van der Waals surface area (Å²) in [5.41, 5.74) is 1.27. The molecule has 0 spiro atoms. The van der Waals surface area contributed by atoms with E-state index in [4.69, 9.17) is 4.74 Å². The maximum Gasteiger partial charge on any atom is 0.0960 e. The van der Waals surface area contributed by atoms with Crippen molar-refractivity contribution in [2.24, 2.45) is 0 Å². The summed E-state index contributed by atoms with van der Waals surface area (Å²) < 4.78 is 5.61. The van der Waals surface area contributed by atoms with Gasteiger partial charge in [-0.3, -0.25) is 0 Å². The van der Waals surface area contributed by atoms with Crippen LogP contribution in [0.3, 0.4) is 0 Å². The lowest BCUT2D eigenvalue weighted by molar-refractivity contribution is -0.0847. The number of aliphatic hydroxyl groups excluding tert-OH is 1. The minimum atomic E-state index is -0.363. The fourth-order valence-corrected chi connectivity index (χ4v) is 2.19. The minimum absolute atomic E-state index is 0.0301. The van der Waals surface area contributed by atoms with Crippen molar-refractivity contribution in [3.63, 3.8) is 0 Å². The van der Waals surface area contributed by atoms with Gasteiger partial charge in [-0.05, 0) is 25.5 Å². The van der Waals surface area contributed by atoms with E-state index in [0.717, 1.165) is 32.5 Å². The molecule has 1 aliphatic rings. The van der Waals surface area contributed by atoms with Crippen LogP contribution in [-0.4, -0.2) is 49.0 Å². The molecule has 1 aliphatic heterocycles. The third kappa shape index (κ3) is 3.80. The molecule has 2 atom stereocenters. The highest BCUT2D eigenvalue weighted by Crippen LogP contribution is 2.13. The molecule has 94 valence electrons. The largest absolute Gasteiger partial charge is 0.390 e. The number of morpholine rings is 1. The van der Waals surface area contributed by atoms with Crippen molar-refractivity contribution in [3.8, 4) is 0 Å². The van der Waals surface area contributed by atoms with E-state index in [0.29, 0.717) is 0 Å². The third-order valence-corrected chi connectivity index (χ3v) is 3.30. The van der Waals surface area contributed by atoms with Crippen LogP contribution < -0.4 is 0 Å². The number of aliphatic hydroxyl groups is 1. The average Bonchev–Trinajstić information content (AvgIpc) is 2.37. The number of likely N-dealkylation sites (N-methyl/N-ethyl adjacent to an activating group) is 1. The molecule has 17 heavy (non-hydrogen) atoms. The third-order valence-electron chi connectivity index (χ3n) is 3.30. The summed E-state index contributed by atoms with van der Waals surface area (Å²) in [4.78, 5) is 2.21. The zero-order valence-electron chi connectivity index (χ0n) is 10.4. The fraction of sp³-hybridized carbons (Fsp3) is 0.571. The van der Waals surface area contributed by atoms with Gasteiger partial charge in [0.1, 0.15) is 0 Å². The van der Waals surface area contributed by atoms with Crippen LogP contribution in [0.4, 0.5) is 0 Å². The van der Waals surface area contributed by atoms with E-state index in [-0.39, 0.29) is 12.2 Å². The first kappa shape index (κ1) is 12.6. The van der Waals surface area contributed by atoms with E-state index in [9.17, 15) is 5.11 Å². The quantitative estimate of drug-likeness (QED) is 0.854. The van der Waals surface area contributed by atoms with Crippen molar-refractivity contribution in [1.82, 2.24) is 4.90 Å². The maximum atomic E-state index is 10.1. The number of ether oxygens (including phenoxy) is 1. The zero-order valence-corrected chi connectivity index (χ0v) is 10.4. The van der Waals surface area contributed by atoms with Crippen molar-refractivity contribution in [2.45, 2.75) is 25.0 Å². The van der Waals surface area contributed by atoms with Crippen molar-refractivity contribution in [3.05, 3.63) is 35.9 Å². The first-order chi connectivity index (χ1) is 8.25. The summed E-state index contributed by atoms with van der Waals surface area (Å²) in [5, 5.41) is 10.1. The molecular weight excluding hydrogens is 214 g/mol. The van der Waals surface area contributed by atoms with Gasteiger partial charge in [0.15, 0.2) is 0 Å². The number of nitrogens with zero attached hydrogens (tertiary/aromatic N) is 1. The summed E-state index contributed by atoms with van der Waals surface area (Å²) >= 11 is 0. The monoisotopic (exact) mass is 235 g/mol. The molecule has 0 saturated carbocycles. The molecule has 1 aromatic carbocycles. The van der Waals surface area contributed by atoms with Crippen LogP contribution in [-0.2, 0) is 11.2 Å². The van der Waals surface area contributed by atoms with Crippen LogP contribution in [0, 0.1) is 0 Å². The summed E-state index contributed by atoms with van der Waals surface area (Å²) in [5.74, 6) is 0. The van der Waals surface area contributed by atoms with E-state index in [1.807, 2.05) is 18.2 Å². The average molecular weight is 235 g/mol. The zero-order chi connectivity index (χ0) is 12.1. The molecule has 3 nitrogen and oxygen atoms in total. The van der Waals surface area contributed by atoms with Gasteiger partial charge >= 0.3 is 0 Å². The Hall–Kier alpha value is -0.900. The molecule has 1 saturated heterocycles. The van der Waals surface area contributed by atoms with E-state index in [1.165, 1.54) is 5.56 Å². The predicted molar refractivity (Wildman–Crippen MR) is 68.0 cm³/mol. The van der Waals surface area contributed by atoms with Crippen LogP contribution in [0.15, 0.2) is 30.3 Å². The molecule has 1 fully saturated rings. The maximum absolute atomic E-state index is 10.1. The van der Waals surface area contributed by atoms with Crippen LogP contribution in [0.2, 0.25) is 0 Å².